The van der Waals surface area contributed by atoms with Gasteiger partial charge in [-0.2, -0.15) is 5.10 Å². The normalized spacial score (nSPS) is 11.2. The lowest BCUT2D eigenvalue weighted by atomic mass is 10.1. The molecule has 0 aliphatic carbocycles. The molecule has 0 aliphatic rings. The quantitative estimate of drug-likeness (QED) is 0.261. The van der Waals surface area contributed by atoms with Crippen molar-refractivity contribution in [3.05, 3.63) is 94.5 Å². The van der Waals surface area contributed by atoms with Crippen LogP contribution in [0.15, 0.2) is 76.6 Å². The fraction of sp³-hybridized carbons (Fsp3) is 0.0769. The molecule has 39 heavy (non-hydrogen) atoms. The lowest BCUT2D eigenvalue weighted by molar-refractivity contribution is 0.1000. The van der Waals surface area contributed by atoms with Crippen LogP contribution < -0.4 is 21.8 Å². The molecule has 0 unspecified atom stereocenters. The number of nitrogens with one attached hydrogen (secondary N) is 1. The van der Waals surface area contributed by atoms with E-state index in [9.17, 15) is 9.59 Å². The Bertz CT molecular complexity index is 1870. The Morgan fingerprint density at radius 1 is 1.13 bits per heavy atom. The van der Waals surface area contributed by atoms with Gasteiger partial charge in [-0.05, 0) is 16.8 Å². The summed E-state index contributed by atoms with van der Waals surface area (Å²) >= 11 is 1.29. The maximum absolute atomic E-state index is 12.9. The molecule has 194 valence electrons. The van der Waals surface area contributed by atoms with E-state index in [1.165, 1.54) is 23.6 Å². The summed E-state index contributed by atoms with van der Waals surface area (Å²) < 4.78 is 12.8. The van der Waals surface area contributed by atoms with Gasteiger partial charge < -0.3 is 25.7 Å². The van der Waals surface area contributed by atoms with E-state index in [1.54, 1.807) is 23.1 Å². The smallest absolute Gasteiger partial charge is 0.260 e. The van der Waals surface area contributed by atoms with E-state index in [0.29, 0.717) is 40.8 Å². The number of H-pyrrole nitrogens is 1. The van der Waals surface area contributed by atoms with Crippen molar-refractivity contribution in [3.63, 3.8) is 0 Å². The molecule has 12 nitrogen and oxygen atoms in total. The Labute approximate surface area is 223 Å². The van der Waals surface area contributed by atoms with Crippen LogP contribution in [0, 0.1) is 0 Å². The summed E-state index contributed by atoms with van der Waals surface area (Å²) in [4.78, 5) is 36.4. The van der Waals surface area contributed by atoms with Crippen molar-refractivity contribution in [1.29, 1.82) is 0 Å². The maximum Gasteiger partial charge on any atom is 0.260 e. The van der Waals surface area contributed by atoms with E-state index in [1.807, 2.05) is 36.5 Å². The predicted molar refractivity (Wildman–Crippen MR) is 144 cm³/mol. The number of carbonyl (C=O) groups excluding carboxylic acids is 1. The lowest BCUT2D eigenvalue weighted by Gasteiger charge is -2.06. The van der Waals surface area contributed by atoms with Crippen molar-refractivity contribution in [1.82, 2.24) is 29.9 Å². The number of rotatable bonds is 8. The van der Waals surface area contributed by atoms with Gasteiger partial charge in [0.2, 0.25) is 5.91 Å². The van der Waals surface area contributed by atoms with Gasteiger partial charge in [0.05, 0.1) is 27.8 Å². The van der Waals surface area contributed by atoms with Crippen molar-refractivity contribution in [2.24, 2.45) is 5.73 Å². The first-order chi connectivity index (χ1) is 18.9. The summed E-state index contributed by atoms with van der Waals surface area (Å²) in [5.41, 5.74) is 14.2. The SMILES string of the molecule is NC(=O)c1cnc2c(N)c(-c3ncc(-c4cnn(Cc5cc(OCc6ccccc6)no5)c4)s3)c(=O)[nH]c2c1. The Kier molecular flexibility index (Phi) is 6.09. The zero-order valence-corrected chi connectivity index (χ0v) is 21.0. The van der Waals surface area contributed by atoms with Gasteiger partial charge in [0.15, 0.2) is 5.76 Å². The van der Waals surface area contributed by atoms with Crippen LogP contribution in [0.2, 0.25) is 0 Å². The molecule has 1 amide bonds. The van der Waals surface area contributed by atoms with Gasteiger partial charge in [0.1, 0.15) is 29.2 Å². The van der Waals surface area contributed by atoms with Crippen molar-refractivity contribution < 1.29 is 14.1 Å². The van der Waals surface area contributed by atoms with Crippen LogP contribution in [0.4, 0.5) is 5.69 Å². The molecule has 0 bridgehead atoms. The van der Waals surface area contributed by atoms with Crippen molar-refractivity contribution >= 4 is 34.0 Å². The number of benzene rings is 1. The van der Waals surface area contributed by atoms with Crippen LogP contribution in [0.1, 0.15) is 21.7 Å². The molecule has 0 radical (unpaired) electrons. The Hall–Kier alpha value is -5.30. The molecule has 0 saturated carbocycles. The molecule has 5 N–H and O–H groups in total. The predicted octanol–water partition coefficient (Wildman–Crippen LogP) is 3.21. The number of carbonyl (C=O) groups is 1. The number of anilines is 1. The molecule has 13 heteroatoms. The average Bonchev–Trinajstić information content (AvgIpc) is 3.70. The van der Waals surface area contributed by atoms with Gasteiger partial charge in [-0.1, -0.05) is 30.3 Å². The molecule has 0 atom stereocenters. The molecule has 6 rings (SSSR count). The van der Waals surface area contributed by atoms with E-state index in [2.05, 4.69) is 25.2 Å². The van der Waals surface area contributed by atoms with Crippen LogP contribution in [0.3, 0.4) is 0 Å². The fourth-order valence-electron chi connectivity index (χ4n) is 3.98. The lowest BCUT2D eigenvalue weighted by Crippen LogP contribution is -2.15. The van der Waals surface area contributed by atoms with Crippen molar-refractivity contribution in [3.8, 4) is 26.9 Å². The summed E-state index contributed by atoms with van der Waals surface area (Å²) in [5.74, 6) is 0.324. The molecular weight excluding hydrogens is 520 g/mol. The number of primary amides is 1. The number of pyridine rings is 2. The summed E-state index contributed by atoms with van der Waals surface area (Å²) in [6.45, 7) is 0.741. The van der Waals surface area contributed by atoms with E-state index >= 15 is 0 Å². The van der Waals surface area contributed by atoms with Gasteiger partial charge >= 0.3 is 0 Å². The second kappa shape index (κ2) is 9.87. The standard InChI is InChI=1S/C26H20N8O4S/c27-22-21(25(36)32-18-6-15(24(28)35)8-29-23(18)22)26-30-10-19(39-26)16-9-31-34(11-16)12-17-7-20(33-38-17)37-13-14-4-2-1-3-5-14/h1-11H,12-13H2,(H2,28,35)(H3,27,32,36). The summed E-state index contributed by atoms with van der Waals surface area (Å²) in [7, 11) is 0. The topological polar surface area (TPSA) is 181 Å². The maximum atomic E-state index is 12.9. The van der Waals surface area contributed by atoms with Gasteiger partial charge in [-0.15, -0.1) is 11.3 Å². The van der Waals surface area contributed by atoms with E-state index in [4.69, 9.17) is 20.7 Å². The zero-order valence-electron chi connectivity index (χ0n) is 20.2. The zero-order chi connectivity index (χ0) is 26.9. The number of aromatic nitrogens is 6. The number of nitrogen functional groups attached to an aromatic ring is 1. The Balaban J connectivity index is 1.19. The third-order valence-corrected chi connectivity index (χ3v) is 6.96. The summed E-state index contributed by atoms with van der Waals surface area (Å²) in [5, 5.41) is 8.79. The average molecular weight is 541 g/mol. The van der Waals surface area contributed by atoms with Crippen LogP contribution >= 0.6 is 11.3 Å². The first-order valence-corrected chi connectivity index (χ1v) is 12.5. The van der Waals surface area contributed by atoms with Crippen LogP contribution in [0.5, 0.6) is 5.88 Å². The van der Waals surface area contributed by atoms with E-state index < -0.39 is 11.5 Å². The summed E-state index contributed by atoms with van der Waals surface area (Å²) in [6.07, 6.45) is 6.50. The number of nitrogens with zero attached hydrogens (tertiary/aromatic N) is 5. The molecule has 0 fully saturated rings. The van der Waals surface area contributed by atoms with Crippen molar-refractivity contribution in [2.75, 3.05) is 5.73 Å². The molecule has 0 saturated heterocycles. The Morgan fingerprint density at radius 3 is 2.79 bits per heavy atom. The van der Waals surface area contributed by atoms with Gasteiger partial charge in [-0.3, -0.25) is 19.3 Å². The van der Waals surface area contributed by atoms with Gasteiger partial charge in [-0.25, -0.2) is 4.98 Å². The fourth-order valence-corrected chi connectivity index (χ4v) is 4.92. The molecule has 0 aliphatic heterocycles. The number of hydrogen-bond acceptors (Lipinski definition) is 10. The molecule has 1 aromatic carbocycles. The molecule has 5 heterocycles. The number of fused-ring (bicyclic) bond motifs is 1. The summed E-state index contributed by atoms with van der Waals surface area (Å²) in [6, 6.07) is 13.0. The van der Waals surface area contributed by atoms with Crippen LogP contribution in [-0.2, 0) is 13.2 Å². The second-order valence-electron chi connectivity index (χ2n) is 8.59. The third kappa shape index (κ3) is 4.85. The largest absolute Gasteiger partial charge is 0.471 e. The minimum Gasteiger partial charge on any atom is -0.471 e. The van der Waals surface area contributed by atoms with E-state index in [-0.39, 0.29) is 16.8 Å². The number of thiazole rings is 1. The third-order valence-electron chi connectivity index (χ3n) is 5.89. The number of hydrogen-bond donors (Lipinski definition) is 3. The molecule has 6 aromatic rings. The number of nitrogens with two attached hydrogens (primary N) is 2. The minimum atomic E-state index is -0.654. The Morgan fingerprint density at radius 2 is 1.97 bits per heavy atom. The second-order valence-corrected chi connectivity index (χ2v) is 9.62. The highest BCUT2D eigenvalue weighted by molar-refractivity contribution is 7.18. The number of ether oxygens (including phenoxy) is 1. The number of amides is 1. The van der Waals surface area contributed by atoms with Crippen LogP contribution in [-0.4, -0.2) is 35.8 Å². The minimum absolute atomic E-state index is 0.164. The monoisotopic (exact) mass is 540 g/mol. The van der Waals surface area contributed by atoms with Crippen molar-refractivity contribution in [2.45, 2.75) is 13.2 Å². The molecule has 0 spiro atoms. The highest BCUT2D eigenvalue weighted by Gasteiger charge is 2.18. The van der Waals surface area contributed by atoms with E-state index in [0.717, 1.165) is 16.0 Å². The first kappa shape index (κ1) is 24.1. The van der Waals surface area contributed by atoms with Gasteiger partial charge in [0, 0.05) is 30.2 Å². The van der Waals surface area contributed by atoms with Crippen LogP contribution in [0.25, 0.3) is 32.0 Å². The first-order valence-electron chi connectivity index (χ1n) is 11.7. The van der Waals surface area contributed by atoms with Gasteiger partial charge in [0.25, 0.3) is 11.4 Å². The molecule has 5 aromatic heterocycles. The highest BCUT2D eigenvalue weighted by Crippen LogP contribution is 2.34. The number of aromatic amines is 1. The highest BCUT2D eigenvalue weighted by atomic mass is 32.1. The molecular formula is C26H20N8O4S.